The summed E-state index contributed by atoms with van der Waals surface area (Å²) in [5, 5.41) is 4.02. The highest BCUT2D eigenvalue weighted by Gasteiger charge is 2.44. The van der Waals surface area contributed by atoms with Gasteiger partial charge in [0.2, 0.25) is 11.9 Å². The number of nitrogens with zero attached hydrogens (tertiary/aromatic N) is 5. The highest BCUT2D eigenvalue weighted by atomic mass is 19.1. The highest BCUT2D eigenvalue weighted by molar-refractivity contribution is 5.54. The predicted octanol–water partition coefficient (Wildman–Crippen LogP) is 2.27. The minimum atomic E-state index is -0.272. The van der Waals surface area contributed by atoms with E-state index in [1.54, 1.807) is 0 Å². The first-order chi connectivity index (χ1) is 13.5. The third-order valence-corrected chi connectivity index (χ3v) is 6.97. The molecular weight excluding hydrogens is 357 g/mol. The Morgan fingerprint density at radius 2 is 2.00 bits per heavy atom. The maximum atomic E-state index is 14.9. The topological polar surface area (TPSA) is 89.2 Å². The molecule has 0 radical (unpaired) electrons. The molecule has 3 fully saturated rings. The van der Waals surface area contributed by atoms with E-state index in [-0.39, 0.29) is 17.7 Å². The molecule has 0 unspecified atom stereocenters. The Morgan fingerprint density at radius 1 is 1.14 bits per heavy atom. The molecule has 1 saturated heterocycles. The molecule has 150 valence electrons. The lowest BCUT2D eigenvalue weighted by Crippen LogP contribution is -2.56. The summed E-state index contributed by atoms with van der Waals surface area (Å²) >= 11 is 0. The molecule has 2 aliphatic carbocycles. The number of nitrogens with two attached hydrogens (primary N) is 2. The minimum absolute atomic E-state index is 0.0764. The summed E-state index contributed by atoms with van der Waals surface area (Å²) in [6, 6.07) is 6.25. The lowest BCUT2D eigenvalue weighted by atomic mass is 9.92. The van der Waals surface area contributed by atoms with Crippen molar-refractivity contribution < 1.29 is 4.39 Å². The van der Waals surface area contributed by atoms with Crippen molar-refractivity contribution in [3.8, 4) is 5.69 Å². The Balaban J connectivity index is 1.31. The van der Waals surface area contributed by atoms with Gasteiger partial charge in [0, 0.05) is 37.8 Å². The first-order valence-electron chi connectivity index (χ1n) is 10.3. The second-order valence-electron chi connectivity index (χ2n) is 8.65. The van der Waals surface area contributed by atoms with Crippen LogP contribution in [-0.4, -0.2) is 51.4 Å². The number of hydrogen-bond donors (Lipinski definition) is 2. The van der Waals surface area contributed by atoms with E-state index < -0.39 is 0 Å². The second-order valence-corrected chi connectivity index (χ2v) is 8.65. The van der Waals surface area contributed by atoms with E-state index in [9.17, 15) is 4.39 Å². The zero-order valence-electron chi connectivity index (χ0n) is 16.3. The molecule has 2 saturated carbocycles. The van der Waals surface area contributed by atoms with Gasteiger partial charge >= 0.3 is 0 Å². The van der Waals surface area contributed by atoms with E-state index in [2.05, 4.69) is 26.8 Å². The van der Waals surface area contributed by atoms with E-state index in [1.165, 1.54) is 36.4 Å². The third-order valence-electron chi connectivity index (χ3n) is 6.97. The molecule has 1 aliphatic heterocycles. The van der Waals surface area contributed by atoms with Gasteiger partial charge in [0.15, 0.2) is 0 Å². The Bertz CT molecular complexity index is 881. The first-order valence-corrected chi connectivity index (χ1v) is 10.3. The summed E-state index contributed by atoms with van der Waals surface area (Å²) in [6.45, 7) is 4.99. The zero-order chi connectivity index (χ0) is 19.4. The van der Waals surface area contributed by atoms with Gasteiger partial charge in [-0.2, -0.15) is 9.67 Å². The van der Waals surface area contributed by atoms with Crippen LogP contribution in [0, 0.1) is 17.7 Å². The molecule has 4 atom stereocenters. The molecular formula is C20H28FN7. The van der Waals surface area contributed by atoms with Gasteiger partial charge in [-0.15, -0.1) is 5.10 Å². The first kappa shape index (κ1) is 17.7. The standard InChI is InChI=1S/C20H28FN7/c1-12-11-26(6-7-27(12)18-9-13-2-3-14(18)8-13)17-5-4-15(10-16(17)21)28-20(23)24-19(22)25-28/h4-5,10,12-14,18H,2-3,6-9,11H2,1H3,(H4,22,23,24,25)/t12-,13-,14-,18-/m0/s1. The van der Waals surface area contributed by atoms with Gasteiger partial charge in [0.05, 0.1) is 11.4 Å². The largest absolute Gasteiger partial charge is 0.368 e. The lowest BCUT2D eigenvalue weighted by molar-refractivity contribution is 0.0900. The zero-order valence-corrected chi connectivity index (χ0v) is 16.3. The number of rotatable bonds is 3. The summed E-state index contributed by atoms with van der Waals surface area (Å²) in [4.78, 5) is 8.72. The second kappa shape index (κ2) is 6.62. The van der Waals surface area contributed by atoms with Crippen LogP contribution in [-0.2, 0) is 0 Å². The summed E-state index contributed by atoms with van der Waals surface area (Å²) < 4.78 is 16.3. The Kier molecular flexibility index (Phi) is 4.19. The summed E-state index contributed by atoms with van der Waals surface area (Å²) in [5.41, 5.74) is 12.5. The summed E-state index contributed by atoms with van der Waals surface area (Å²) in [6.07, 6.45) is 5.60. The van der Waals surface area contributed by atoms with Crippen LogP contribution < -0.4 is 16.4 Å². The van der Waals surface area contributed by atoms with Crippen LogP contribution in [0.4, 0.5) is 22.0 Å². The normalized spacial score (nSPS) is 30.3. The number of aromatic nitrogens is 3. The van der Waals surface area contributed by atoms with Crippen LogP contribution in [0.2, 0.25) is 0 Å². The van der Waals surface area contributed by atoms with Crippen LogP contribution >= 0.6 is 0 Å². The molecule has 2 heterocycles. The molecule has 0 spiro atoms. The average Bonchev–Trinajstić information content (AvgIpc) is 3.37. The lowest BCUT2D eigenvalue weighted by Gasteiger charge is -2.46. The fraction of sp³-hybridized carbons (Fsp3) is 0.600. The molecule has 1 aromatic heterocycles. The Labute approximate surface area is 164 Å². The van der Waals surface area contributed by atoms with Gasteiger partial charge in [-0.1, -0.05) is 6.42 Å². The number of hydrogen-bond acceptors (Lipinski definition) is 6. The van der Waals surface area contributed by atoms with Crippen molar-refractivity contribution in [2.75, 3.05) is 36.0 Å². The average molecular weight is 385 g/mol. The Hall–Kier alpha value is -2.35. The number of benzene rings is 1. The predicted molar refractivity (Wildman–Crippen MR) is 108 cm³/mol. The quantitative estimate of drug-likeness (QED) is 0.843. The van der Waals surface area contributed by atoms with Gasteiger partial charge < -0.3 is 16.4 Å². The molecule has 2 bridgehead atoms. The van der Waals surface area contributed by atoms with Crippen molar-refractivity contribution in [1.82, 2.24) is 19.7 Å². The molecule has 5 rings (SSSR count). The van der Waals surface area contributed by atoms with Gasteiger partial charge in [-0.25, -0.2) is 4.39 Å². The van der Waals surface area contributed by atoms with Crippen molar-refractivity contribution in [2.24, 2.45) is 11.8 Å². The highest BCUT2D eigenvalue weighted by Crippen LogP contribution is 2.47. The molecule has 4 N–H and O–H groups in total. The molecule has 28 heavy (non-hydrogen) atoms. The smallest absolute Gasteiger partial charge is 0.241 e. The van der Waals surface area contributed by atoms with E-state index in [4.69, 9.17) is 11.5 Å². The number of piperazine rings is 1. The minimum Gasteiger partial charge on any atom is -0.368 e. The summed E-state index contributed by atoms with van der Waals surface area (Å²) in [7, 11) is 0. The summed E-state index contributed by atoms with van der Waals surface area (Å²) in [5.74, 6) is 1.79. The fourth-order valence-corrected chi connectivity index (χ4v) is 5.72. The SMILES string of the molecule is C[C@H]1CN(c2ccc(-n3nc(N)nc3N)cc2F)CCN1[C@H]1C[C@H]2CC[C@H]1C2. The molecule has 2 aromatic rings. The third kappa shape index (κ3) is 2.90. The maximum Gasteiger partial charge on any atom is 0.241 e. The number of anilines is 3. The monoisotopic (exact) mass is 385 g/mol. The van der Waals surface area contributed by atoms with Crippen molar-refractivity contribution in [3.63, 3.8) is 0 Å². The van der Waals surface area contributed by atoms with Crippen LogP contribution in [0.3, 0.4) is 0 Å². The maximum absolute atomic E-state index is 14.9. The van der Waals surface area contributed by atoms with Crippen molar-refractivity contribution in [2.45, 2.75) is 44.7 Å². The van der Waals surface area contributed by atoms with E-state index in [1.807, 2.05) is 12.1 Å². The van der Waals surface area contributed by atoms with E-state index in [0.717, 1.165) is 37.5 Å². The molecule has 1 aromatic carbocycles. The van der Waals surface area contributed by atoms with Crippen LogP contribution in [0.1, 0.15) is 32.6 Å². The molecule has 7 nitrogen and oxygen atoms in total. The van der Waals surface area contributed by atoms with Gasteiger partial charge in [-0.05, 0) is 50.2 Å². The molecule has 0 amide bonds. The van der Waals surface area contributed by atoms with Crippen molar-refractivity contribution in [1.29, 1.82) is 0 Å². The van der Waals surface area contributed by atoms with Crippen LogP contribution in [0.5, 0.6) is 0 Å². The number of halogens is 1. The van der Waals surface area contributed by atoms with Crippen LogP contribution in [0.25, 0.3) is 5.69 Å². The van der Waals surface area contributed by atoms with Crippen molar-refractivity contribution in [3.05, 3.63) is 24.0 Å². The number of fused-ring (bicyclic) bond motifs is 2. The fourth-order valence-electron chi connectivity index (χ4n) is 5.72. The van der Waals surface area contributed by atoms with E-state index in [0.29, 0.717) is 17.4 Å². The van der Waals surface area contributed by atoms with E-state index >= 15 is 0 Å². The van der Waals surface area contributed by atoms with Gasteiger partial charge in [-0.3, -0.25) is 4.90 Å². The van der Waals surface area contributed by atoms with Gasteiger partial charge in [0.1, 0.15) is 5.82 Å². The van der Waals surface area contributed by atoms with Gasteiger partial charge in [0.25, 0.3) is 0 Å². The Morgan fingerprint density at radius 3 is 2.61 bits per heavy atom. The molecule has 8 heteroatoms. The molecule has 3 aliphatic rings. The van der Waals surface area contributed by atoms with Crippen molar-refractivity contribution >= 4 is 17.6 Å². The van der Waals surface area contributed by atoms with Crippen LogP contribution in [0.15, 0.2) is 18.2 Å². The number of nitrogen functional groups attached to an aromatic ring is 2.